The summed E-state index contributed by atoms with van der Waals surface area (Å²) in [6, 6.07) is 12.9. The van der Waals surface area contributed by atoms with Crippen molar-refractivity contribution in [3.63, 3.8) is 0 Å². The lowest BCUT2D eigenvalue weighted by atomic mass is 9.95. The maximum Gasteiger partial charge on any atom is 0.272 e. The Bertz CT molecular complexity index is 1440. The van der Waals surface area contributed by atoms with E-state index >= 15 is 0 Å². The van der Waals surface area contributed by atoms with E-state index in [1.807, 2.05) is 0 Å². The van der Waals surface area contributed by atoms with Gasteiger partial charge in [-0.05, 0) is 47.9 Å². The lowest BCUT2D eigenvalue weighted by Crippen LogP contribution is -2.34. The number of carbonyl (C=O) groups excluding carboxylic acids is 3. The fraction of sp³-hybridized carbons (Fsp3) is 0.276. The van der Waals surface area contributed by atoms with Gasteiger partial charge in [-0.3, -0.25) is 14.4 Å². The molecule has 0 radical (unpaired) electrons. The van der Waals surface area contributed by atoms with Gasteiger partial charge in [0.25, 0.3) is 18.2 Å². The molecule has 0 aliphatic heterocycles. The number of nitrogens with two attached hydrogens (primary N) is 1. The van der Waals surface area contributed by atoms with Crippen molar-refractivity contribution in [2.45, 2.75) is 40.7 Å². The van der Waals surface area contributed by atoms with Gasteiger partial charge >= 0.3 is 0 Å². The van der Waals surface area contributed by atoms with Crippen LogP contribution in [0.3, 0.4) is 0 Å². The first-order valence-electron chi connectivity index (χ1n) is 12.2. The molecule has 0 bridgehead atoms. The van der Waals surface area contributed by atoms with E-state index in [9.17, 15) is 23.2 Å². The zero-order valence-corrected chi connectivity index (χ0v) is 24.7. The fourth-order valence-electron chi connectivity index (χ4n) is 3.88. The van der Waals surface area contributed by atoms with Crippen LogP contribution in [-0.2, 0) is 11.3 Å². The summed E-state index contributed by atoms with van der Waals surface area (Å²) in [5.74, 6) is -1.72. The highest BCUT2D eigenvalue weighted by Gasteiger charge is 2.25. The molecule has 0 atom stereocenters. The van der Waals surface area contributed by atoms with Crippen LogP contribution < -0.4 is 21.1 Å². The third-order valence-electron chi connectivity index (χ3n) is 5.94. The number of rotatable bonds is 9. The molecule has 0 unspecified atom stereocenters. The van der Waals surface area contributed by atoms with Crippen LogP contribution in [0.4, 0.5) is 14.5 Å². The highest BCUT2D eigenvalue weighted by atomic mass is 79.9. The second kappa shape index (κ2) is 12.8. The molecular formula is C29H29BrClF2N3O4. The predicted molar refractivity (Wildman–Crippen MR) is 155 cm³/mol. The van der Waals surface area contributed by atoms with Gasteiger partial charge in [0.05, 0.1) is 21.8 Å². The smallest absolute Gasteiger partial charge is 0.272 e. The SMILES string of the molecule is Cc1ccc(CNC(=O)C(C)(C)C)c(Cl)c1C(=O)Nc1ccc(OCC(F)F)c(-c2ccc(Br)cc2)c1C(N)=O. The zero-order valence-electron chi connectivity index (χ0n) is 22.3. The average Bonchev–Trinajstić information content (AvgIpc) is 2.86. The molecule has 0 saturated carbocycles. The van der Waals surface area contributed by atoms with Crippen LogP contribution in [-0.4, -0.2) is 30.8 Å². The van der Waals surface area contributed by atoms with Crippen LogP contribution in [0.1, 0.15) is 52.6 Å². The summed E-state index contributed by atoms with van der Waals surface area (Å²) < 4.78 is 32.0. The molecule has 0 saturated heterocycles. The third-order valence-corrected chi connectivity index (χ3v) is 6.90. The number of hydrogen-bond acceptors (Lipinski definition) is 4. The molecule has 0 aromatic heterocycles. The Labute approximate surface area is 244 Å². The molecule has 0 spiro atoms. The average molecular weight is 637 g/mol. The van der Waals surface area contributed by atoms with Gasteiger partial charge in [-0.15, -0.1) is 0 Å². The van der Waals surface area contributed by atoms with E-state index in [0.29, 0.717) is 16.7 Å². The molecule has 0 fully saturated rings. The highest BCUT2D eigenvalue weighted by molar-refractivity contribution is 9.10. The quantitative estimate of drug-likeness (QED) is 0.242. The number of primary amides is 1. The molecule has 3 rings (SSSR count). The van der Waals surface area contributed by atoms with Crippen molar-refractivity contribution in [1.29, 1.82) is 0 Å². The van der Waals surface area contributed by atoms with Crippen LogP contribution >= 0.6 is 27.5 Å². The molecule has 3 aromatic carbocycles. The van der Waals surface area contributed by atoms with Crippen LogP contribution in [0, 0.1) is 12.3 Å². The summed E-state index contributed by atoms with van der Waals surface area (Å²) >= 11 is 9.95. The lowest BCUT2D eigenvalue weighted by molar-refractivity contribution is -0.128. The van der Waals surface area contributed by atoms with Gasteiger partial charge < -0.3 is 21.1 Å². The van der Waals surface area contributed by atoms with E-state index in [2.05, 4.69) is 26.6 Å². The van der Waals surface area contributed by atoms with Gasteiger partial charge in [0.15, 0.2) is 0 Å². The Morgan fingerprint density at radius 3 is 2.25 bits per heavy atom. The topological polar surface area (TPSA) is 111 Å². The number of aryl methyl sites for hydroxylation is 1. The minimum Gasteiger partial charge on any atom is -0.487 e. The summed E-state index contributed by atoms with van der Waals surface area (Å²) in [6.07, 6.45) is -2.75. The number of alkyl halides is 2. The number of benzene rings is 3. The Morgan fingerprint density at radius 1 is 1.02 bits per heavy atom. The minimum atomic E-state index is -2.75. The first-order chi connectivity index (χ1) is 18.7. The first-order valence-corrected chi connectivity index (χ1v) is 13.4. The maximum atomic E-state index is 13.5. The molecule has 0 aliphatic rings. The Kier molecular flexibility index (Phi) is 9.92. The molecule has 11 heteroatoms. The van der Waals surface area contributed by atoms with Gasteiger partial charge in [0.2, 0.25) is 5.91 Å². The van der Waals surface area contributed by atoms with E-state index < -0.39 is 30.3 Å². The summed E-state index contributed by atoms with van der Waals surface area (Å²) in [5, 5.41) is 5.64. The van der Waals surface area contributed by atoms with Crippen LogP contribution in [0.5, 0.6) is 5.75 Å². The van der Waals surface area contributed by atoms with Gasteiger partial charge in [0.1, 0.15) is 12.4 Å². The van der Waals surface area contributed by atoms with Gasteiger partial charge in [0, 0.05) is 22.0 Å². The monoisotopic (exact) mass is 635 g/mol. The number of ether oxygens (including phenoxy) is 1. The number of amides is 3. The Morgan fingerprint density at radius 2 is 1.68 bits per heavy atom. The number of hydrogen-bond donors (Lipinski definition) is 3. The molecule has 40 heavy (non-hydrogen) atoms. The van der Waals surface area contributed by atoms with E-state index in [0.717, 1.165) is 4.47 Å². The summed E-state index contributed by atoms with van der Waals surface area (Å²) in [6.45, 7) is 6.23. The van der Waals surface area contributed by atoms with Crippen LogP contribution in [0.25, 0.3) is 11.1 Å². The minimum absolute atomic E-state index is 0.000205. The number of halogens is 4. The van der Waals surface area contributed by atoms with Gasteiger partial charge in [-0.25, -0.2) is 8.78 Å². The van der Waals surface area contributed by atoms with Crippen molar-refractivity contribution in [3.8, 4) is 16.9 Å². The van der Waals surface area contributed by atoms with Crippen molar-refractivity contribution < 1.29 is 27.9 Å². The zero-order chi connectivity index (χ0) is 29.8. The Hall–Kier alpha value is -3.50. The van der Waals surface area contributed by atoms with Crippen molar-refractivity contribution in [3.05, 3.63) is 80.3 Å². The molecule has 3 amide bonds. The van der Waals surface area contributed by atoms with Crippen molar-refractivity contribution >= 4 is 50.9 Å². The maximum absolute atomic E-state index is 13.5. The van der Waals surface area contributed by atoms with E-state index in [4.69, 9.17) is 22.1 Å². The van der Waals surface area contributed by atoms with E-state index in [1.165, 1.54) is 12.1 Å². The van der Waals surface area contributed by atoms with E-state index in [1.54, 1.807) is 64.1 Å². The summed E-state index contributed by atoms with van der Waals surface area (Å²) in [5.41, 5.74) is 6.89. The number of anilines is 1. The van der Waals surface area contributed by atoms with Crippen molar-refractivity contribution in [1.82, 2.24) is 5.32 Å². The second-order valence-corrected chi connectivity index (χ2v) is 11.3. The fourth-order valence-corrected chi connectivity index (χ4v) is 4.51. The third kappa shape index (κ3) is 7.37. The van der Waals surface area contributed by atoms with Crippen LogP contribution in [0.15, 0.2) is 53.0 Å². The molecule has 0 aliphatic carbocycles. The lowest BCUT2D eigenvalue weighted by Gasteiger charge is -2.20. The molecule has 7 nitrogen and oxygen atoms in total. The van der Waals surface area contributed by atoms with Crippen molar-refractivity contribution in [2.75, 3.05) is 11.9 Å². The molecule has 0 heterocycles. The summed E-state index contributed by atoms with van der Waals surface area (Å²) in [7, 11) is 0. The first kappa shape index (κ1) is 31.0. The molecule has 212 valence electrons. The Balaban J connectivity index is 2.05. The molecule has 3 aromatic rings. The number of nitrogens with one attached hydrogen (secondary N) is 2. The molecule has 4 N–H and O–H groups in total. The van der Waals surface area contributed by atoms with Crippen molar-refractivity contribution in [2.24, 2.45) is 11.1 Å². The number of carbonyl (C=O) groups is 3. The second-order valence-electron chi connectivity index (χ2n) is 10.1. The molecular weight excluding hydrogens is 608 g/mol. The van der Waals surface area contributed by atoms with Gasteiger partial charge in [-0.1, -0.05) is 72.6 Å². The summed E-state index contributed by atoms with van der Waals surface area (Å²) in [4.78, 5) is 38.5. The normalized spacial score (nSPS) is 11.3. The van der Waals surface area contributed by atoms with Crippen LogP contribution in [0.2, 0.25) is 5.02 Å². The standard InChI is InChI=1S/C29H29BrClF2N3O4/c1-15-5-6-17(13-35-28(39)29(2,3)4)25(31)22(15)27(38)36-19-11-12-20(40-14-21(32)33)23(24(19)26(34)37)16-7-9-18(30)10-8-16/h5-12,21H,13-14H2,1-4H3,(H2,34,37)(H,35,39)(H,36,38). The predicted octanol–water partition coefficient (Wildman–Crippen LogP) is 6.74. The highest BCUT2D eigenvalue weighted by Crippen LogP contribution is 2.39. The largest absolute Gasteiger partial charge is 0.487 e. The van der Waals surface area contributed by atoms with E-state index in [-0.39, 0.29) is 45.6 Å². The van der Waals surface area contributed by atoms with Gasteiger partial charge in [-0.2, -0.15) is 0 Å².